The Kier molecular flexibility index (Phi) is 8.41. The van der Waals surface area contributed by atoms with Crippen molar-refractivity contribution in [2.75, 3.05) is 13.2 Å². The first kappa shape index (κ1) is 26.1. The summed E-state index contributed by atoms with van der Waals surface area (Å²) in [6.45, 7) is 2.26. The average Bonchev–Trinajstić information content (AvgIpc) is 2.77. The number of aromatic nitrogens is 1. The van der Waals surface area contributed by atoms with Crippen LogP contribution < -0.4 is 24.5 Å². The maximum absolute atomic E-state index is 12.4. The van der Waals surface area contributed by atoms with E-state index >= 15 is 0 Å². The van der Waals surface area contributed by atoms with Crippen molar-refractivity contribution in [1.29, 1.82) is 0 Å². The average molecular weight is 513 g/mol. The third-order valence-corrected chi connectivity index (χ3v) is 5.25. The lowest BCUT2D eigenvalue weighted by molar-refractivity contribution is -0.274. The summed E-state index contributed by atoms with van der Waals surface area (Å²) in [6.07, 6.45) is -2.83. The molecule has 2 aromatic carbocycles. The molecule has 0 saturated heterocycles. The van der Waals surface area contributed by atoms with E-state index in [0.29, 0.717) is 35.7 Å². The summed E-state index contributed by atoms with van der Waals surface area (Å²) in [4.78, 5) is 12.2. The maximum Gasteiger partial charge on any atom is 0.573 e. The lowest BCUT2D eigenvalue weighted by Crippen LogP contribution is -2.17. The number of pyridine rings is 1. The highest BCUT2D eigenvalue weighted by atomic mass is 32.2. The van der Waals surface area contributed by atoms with E-state index in [2.05, 4.69) is 9.46 Å². The summed E-state index contributed by atoms with van der Waals surface area (Å²) in [5, 5.41) is 0. The first-order valence-electron chi connectivity index (χ1n) is 10.4. The first-order valence-corrected chi connectivity index (χ1v) is 11.6. The Bertz CT molecular complexity index is 1300. The van der Waals surface area contributed by atoms with E-state index in [4.69, 9.17) is 9.47 Å². The van der Waals surface area contributed by atoms with Crippen LogP contribution in [0.5, 0.6) is 23.0 Å². The highest BCUT2D eigenvalue weighted by Crippen LogP contribution is 2.39. The third-order valence-electron chi connectivity index (χ3n) is 4.76. The van der Waals surface area contributed by atoms with Gasteiger partial charge in [-0.1, -0.05) is 6.07 Å². The summed E-state index contributed by atoms with van der Waals surface area (Å²) in [5.74, 6) is 0.538. The number of nitrogens with one attached hydrogen (secondary N) is 1. The number of halogens is 3. The smallest absolute Gasteiger partial charge is 0.493 e. The number of aryl methyl sites for hydroxylation is 1. The van der Waals surface area contributed by atoms with Gasteiger partial charge in [0.2, 0.25) is 10.9 Å². The molecule has 3 rings (SSSR count). The van der Waals surface area contributed by atoms with Crippen molar-refractivity contribution in [3.8, 4) is 34.1 Å². The number of ether oxygens (including phenoxy) is 3. The molecule has 0 saturated carbocycles. The first-order chi connectivity index (χ1) is 16.6. The Morgan fingerprint density at radius 1 is 0.971 bits per heavy atom. The fourth-order valence-electron chi connectivity index (χ4n) is 3.25. The highest BCUT2D eigenvalue weighted by Gasteiger charge is 2.31. The number of alkyl halides is 3. The predicted octanol–water partition coefficient (Wildman–Crippen LogP) is 3.80. The van der Waals surface area contributed by atoms with E-state index in [9.17, 15) is 26.4 Å². The van der Waals surface area contributed by atoms with Gasteiger partial charge in [0, 0.05) is 37.0 Å². The summed E-state index contributed by atoms with van der Waals surface area (Å²) in [7, 11) is -1.15. The molecular formula is C23H23F3N2O6S. The quantitative estimate of drug-likeness (QED) is 0.402. The van der Waals surface area contributed by atoms with Gasteiger partial charge in [-0.25, -0.2) is 13.1 Å². The molecule has 8 nitrogen and oxygen atoms in total. The predicted molar refractivity (Wildman–Crippen MR) is 124 cm³/mol. The zero-order valence-electron chi connectivity index (χ0n) is 18.8. The number of nitrogens with zero attached hydrogens (tertiary/aromatic N) is 1. The minimum absolute atomic E-state index is 0.185. The van der Waals surface area contributed by atoms with E-state index in [1.807, 2.05) is 0 Å². The molecule has 0 bridgehead atoms. The molecule has 0 aliphatic heterocycles. The molecular weight excluding hydrogens is 489 g/mol. The molecule has 0 aliphatic carbocycles. The van der Waals surface area contributed by atoms with Gasteiger partial charge in [0.1, 0.15) is 23.0 Å². The highest BCUT2D eigenvalue weighted by molar-refractivity contribution is 7.70. The zero-order chi connectivity index (χ0) is 25.6. The molecule has 0 unspecified atom stereocenters. The maximum atomic E-state index is 12.4. The van der Waals surface area contributed by atoms with Crippen LogP contribution in [0.25, 0.3) is 11.1 Å². The molecule has 12 heteroatoms. The van der Waals surface area contributed by atoms with Crippen molar-refractivity contribution in [1.82, 2.24) is 9.29 Å². The molecule has 0 atom stereocenters. The van der Waals surface area contributed by atoms with Gasteiger partial charge in [0.25, 0.3) is 5.56 Å². The monoisotopic (exact) mass is 512 g/mol. The van der Waals surface area contributed by atoms with E-state index < -0.39 is 17.3 Å². The molecule has 0 aliphatic rings. The Balaban J connectivity index is 2.01. The van der Waals surface area contributed by atoms with Crippen LogP contribution in [0.3, 0.4) is 0 Å². The van der Waals surface area contributed by atoms with E-state index in [-0.39, 0.29) is 23.6 Å². The zero-order valence-corrected chi connectivity index (χ0v) is 19.7. The van der Waals surface area contributed by atoms with Gasteiger partial charge in [-0.15, -0.1) is 13.2 Å². The summed E-state index contributed by atoms with van der Waals surface area (Å²) in [6, 6.07) is 11.4. The minimum atomic E-state index is -4.81. The summed E-state index contributed by atoms with van der Waals surface area (Å²) in [5.41, 5.74) is 1.59. The topological polar surface area (TPSA) is 95.9 Å². The molecule has 0 amide bonds. The molecule has 0 spiro atoms. The van der Waals surface area contributed by atoms with Gasteiger partial charge < -0.3 is 18.8 Å². The second kappa shape index (κ2) is 11.3. The summed E-state index contributed by atoms with van der Waals surface area (Å²) < 4.78 is 78.1. The Labute approximate surface area is 201 Å². The van der Waals surface area contributed by atoms with Crippen LogP contribution in [0.1, 0.15) is 12.5 Å². The second-order valence-corrected chi connectivity index (χ2v) is 8.13. The van der Waals surface area contributed by atoms with Crippen molar-refractivity contribution in [2.45, 2.75) is 19.7 Å². The van der Waals surface area contributed by atoms with E-state index in [0.717, 1.165) is 17.7 Å². The van der Waals surface area contributed by atoms with Crippen LogP contribution in [-0.4, -0.2) is 32.5 Å². The molecule has 3 aromatic rings. The van der Waals surface area contributed by atoms with Gasteiger partial charge >= 0.3 is 6.36 Å². The Morgan fingerprint density at radius 2 is 1.66 bits per heavy atom. The second-order valence-electron chi connectivity index (χ2n) is 7.30. The fraction of sp³-hybridized carbons (Fsp3) is 0.261. The van der Waals surface area contributed by atoms with Crippen molar-refractivity contribution in [3.63, 3.8) is 0 Å². The molecule has 35 heavy (non-hydrogen) atoms. The van der Waals surface area contributed by atoms with Crippen LogP contribution in [0.15, 0.2) is 59.5 Å². The molecule has 188 valence electrons. The third kappa shape index (κ3) is 7.49. The normalized spacial score (nSPS) is 11.5. The van der Waals surface area contributed by atoms with Crippen molar-refractivity contribution < 1.29 is 35.8 Å². The van der Waals surface area contributed by atoms with E-state index in [1.54, 1.807) is 38.4 Å². The van der Waals surface area contributed by atoms with Crippen molar-refractivity contribution in [2.24, 2.45) is 7.05 Å². The standard InChI is InChI=1S/C23H23F3N2O6S/c1-3-32-21-13-22(29)28(2)14-19(21)18-12-15(10-11-27-35(30)31)4-9-20(18)33-16-5-7-17(8-6-16)34-23(24,25)26/h4-9,12-14,35H,3,10-11H2,1-2H3,(H,27,30,31). The van der Waals surface area contributed by atoms with Crippen LogP contribution >= 0.6 is 0 Å². The van der Waals surface area contributed by atoms with Crippen molar-refractivity contribution in [3.05, 3.63) is 70.6 Å². The molecule has 1 N–H and O–H groups in total. The number of benzene rings is 2. The van der Waals surface area contributed by atoms with Gasteiger partial charge in [-0.2, -0.15) is 0 Å². The lowest BCUT2D eigenvalue weighted by atomic mass is 10.0. The lowest BCUT2D eigenvalue weighted by Gasteiger charge is -2.17. The Morgan fingerprint density at radius 3 is 2.29 bits per heavy atom. The number of hydrogen-bond donors (Lipinski definition) is 2. The summed E-state index contributed by atoms with van der Waals surface area (Å²) >= 11 is 0. The van der Waals surface area contributed by atoms with Crippen molar-refractivity contribution >= 4 is 10.9 Å². The number of hydrogen-bond acceptors (Lipinski definition) is 6. The Hall–Kier alpha value is -3.51. The van der Waals surface area contributed by atoms with Crippen LogP contribution in [0.2, 0.25) is 0 Å². The molecule has 0 radical (unpaired) electrons. The number of rotatable bonds is 10. The van der Waals surface area contributed by atoms with Gasteiger partial charge in [-0.3, -0.25) is 4.79 Å². The van der Waals surface area contributed by atoms with Crippen LogP contribution in [0.4, 0.5) is 13.2 Å². The van der Waals surface area contributed by atoms with Crippen LogP contribution in [0, 0.1) is 0 Å². The molecule has 1 aromatic heterocycles. The van der Waals surface area contributed by atoms with Crippen LogP contribution in [-0.2, 0) is 24.4 Å². The SMILES string of the molecule is CCOc1cc(=O)n(C)cc1-c1cc(CCN[SH](=O)=O)ccc1Oc1ccc(OC(F)(F)F)cc1. The minimum Gasteiger partial charge on any atom is -0.493 e. The molecule has 0 fully saturated rings. The van der Waals surface area contributed by atoms with E-state index in [1.165, 1.54) is 22.8 Å². The largest absolute Gasteiger partial charge is 0.573 e. The van der Waals surface area contributed by atoms with Gasteiger partial charge in [0.15, 0.2) is 0 Å². The number of thiol groups is 1. The molecule has 1 heterocycles. The fourth-order valence-corrected chi connectivity index (χ4v) is 3.54. The van der Waals surface area contributed by atoms with Gasteiger partial charge in [-0.05, 0) is 55.3 Å². The van der Waals surface area contributed by atoms with Gasteiger partial charge in [0.05, 0.1) is 6.61 Å².